The van der Waals surface area contributed by atoms with Crippen LogP contribution in [0.5, 0.6) is 0 Å². The first-order chi connectivity index (χ1) is 5.22. The summed E-state index contributed by atoms with van der Waals surface area (Å²) >= 11 is 0. The Kier molecular flexibility index (Phi) is 1.97. The minimum absolute atomic E-state index is 0.0920. The maximum absolute atomic E-state index is 11.5. The number of carbonyl (C=O) groups excluding carboxylic acids is 1. The van der Waals surface area contributed by atoms with E-state index in [0.29, 0.717) is 5.91 Å². The number of amides is 1. The molecule has 0 aromatic carbocycles. The number of hydrogen-bond donors (Lipinski definition) is 0. The second-order valence-corrected chi connectivity index (χ2v) is 5.61. The topological polar surface area (TPSA) is 20.3 Å². The van der Waals surface area contributed by atoms with Crippen LogP contribution in [0.15, 0.2) is 0 Å². The van der Waals surface area contributed by atoms with Gasteiger partial charge in [-0.05, 0) is 19.3 Å². The van der Waals surface area contributed by atoms with Crippen molar-refractivity contribution in [3.05, 3.63) is 0 Å². The molecule has 1 fully saturated rings. The van der Waals surface area contributed by atoms with Gasteiger partial charge in [0.2, 0.25) is 5.91 Å². The van der Waals surface area contributed by atoms with E-state index >= 15 is 0 Å². The van der Waals surface area contributed by atoms with E-state index in [0.717, 1.165) is 13.1 Å². The van der Waals surface area contributed by atoms with Crippen LogP contribution in [0.25, 0.3) is 0 Å². The monoisotopic (exact) mass is 169 g/mol. The molecular weight excluding hydrogens is 150 g/mol. The van der Waals surface area contributed by atoms with Gasteiger partial charge in [0.05, 0.1) is 5.41 Å². The molecule has 0 atom stereocenters. The fraction of sp³-hybridized carbons (Fsp3) is 0.900. The number of nitrogens with zero attached hydrogens (tertiary/aromatic N) is 1. The van der Waals surface area contributed by atoms with Crippen LogP contribution in [0.1, 0.15) is 34.6 Å². The Hall–Kier alpha value is -0.530. The van der Waals surface area contributed by atoms with Crippen molar-refractivity contribution in [2.75, 3.05) is 13.1 Å². The summed E-state index contributed by atoms with van der Waals surface area (Å²) in [4.78, 5) is 13.4. The van der Waals surface area contributed by atoms with Gasteiger partial charge < -0.3 is 4.90 Å². The van der Waals surface area contributed by atoms with Crippen LogP contribution in [-0.2, 0) is 4.79 Å². The van der Waals surface area contributed by atoms with Crippen LogP contribution in [-0.4, -0.2) is 23.9 Å². The van der Waals surface area contributed by atoms with Gasteiger partial charge in [-0.25, -0.2) is 0 Å². The predicted molar refractivity (Wildman–Crippen MR) is 49.8 cm³/mol. The molecule has 2 heteroatoms. The molecule has 0 aliphatic carbocycles. The smallest absolute Gasteiger partial charge is 0.230 e. The summed E-state index contributed by atoms with van der Waals surface area (Å²) in [5.74, 6) is 0.303. The first kappa shape index (κ1) is 9.56. The van der Waals surface area contributed by atoms with Gasteiger partial charge in [-0.15, -0.1) is 0 Å². The van der Waals surface area contributed by atoms with E-state index in [1.54, 1.807) is 0 Å². The summed E-state index contributed by atoms with van der Waals surface area (Å²) in [7, 11) is 0. The van der Waals surface area contributed by atoms with Crippen molar-refractivity contribution in [1.82, 2.24) is 4.90 Å². The normalized spacial score (nSPS) is 22.4. The summed E-state index contributed by atoms with van der Waals surface area (Å²) in [6, 6.07) is 0. The highest BCUT2D eigenvalue weighted by atomic mass is 16.2. The molecule has 0 spiro atoms. The Balaban J connectivity index is 2.47. The third-order valence-electron chi connectivity index (χ3n) is 2.12. The summed E-state index contributed by atoms with van der Waals surface area (Å²) in [6.45, 7) is 12.3. The molecule has 0 N–H and O–H groups in total. The average Bonchev–Trinajstić information content (AvgIpc) is 1.83. The van der Waals surface area contributed by atoms with E-state index in [-0.39, 0.29) is 10.8 Å². The third-order valence-corrected chi connectivity index (χ3v) is 2.12. The molecule has 12 heavy (non-hydrogen) atoms. The van der Waals surface area contributed by atoms with Crippen LogP contribution in [0.3, 0.4) is 0 Å². The van der Waals surface area contributed by atoms with Gasteiger partial charge in [0.25, 0.3) is 0 Å². The molecule has 70 valence electrons. The average molecular weight is 169 g/mol. The zero-order valence-corrected chi connectivity index (χ0v) is 8.77. The summed E-state index contributed by atoms with van der Waals surface area (Å²) < 4.78 is 0. The van der Waals surface area contributed by atoms with Crippen LogP contribution in [0, 0.1) is 10.8 Å². The molecule has 0 unspecified atom stereocenters. The maximum atomic E-state index is 11.5. The quantitative estimate of drug-likeness (QED) is 0.549. The van der Waals surface area contributed by atoms with Gasteiger partial charge in [0.15, 0.2) is 0 Å². The molecule has 1 heterocycles. The molecular formula is C10H19NO. The standard InChI is InChI=1S/C10H19NO/c1-9(2,3)6-11-7-10(4,5)8(11)12/h6-7H2,1-5H3. The lowest BCUT2D eigenvalue weighted by molar-refractivity contribution is -0.158. The van der Waals surface area contributed by atoms with E-state index in [1.807, 2.05) is 18.7 Å². The molecule has 1 saturated heterocycles. The predicted octanol–water partition coefficient (Wildman–Crippen LogP) is 1.90. The number of hydrogen-bond acceptors (Lipinski definition) is 1. The van der Waals surface area contributed by atoms with Crippen molar-refractivity contribution in [3.8, 4) is 0 Å². The number of rotatable bonds is 1. The molecule has 0 aromatic rings. The first-order valence-corrected chi connectivity index (χ1v) is 4.52. The fourth-order valence-corrected chi connectivity index (χ4v) is 1.65. The minimum atomic E-state index is -0.0920. The van der Waals surface area contributed by atoms with E-state index < -0.39 is 0 Å². The Labute approximate surface area is 74.9 Å². The highest BCUT2D eigenvalue weighted by Crippen LogP contribution is 2.32. The molecule has 0 bridgehead atoms. The van der Waals surface area contributed by atoms with Crippen LogP contribution in [0.4, 0.5) is 0 Å². The van der Waals surface area contributed by atoms with Gasteiger partial charge >= 0.3 is 0 Å². The van der Waals surface area contributed by atoms with Crippen molar-refractivity contribution in [2.24, 2.45) is 10.8 Å². The first-order valence-electron chi connectivity index (χ1n) is 4.52. The molecule has 0 saturated carbocycles. The zero-order valence-electron chi connectivity index (χ0n) is 8.77. The largest absolute Gasteiger partial charge is 0.341 e. The lowest BCUT2D eigenvalue weighted by atomic mass is 9.81. The summed E-state index contributed by atoms with van der Waals surface area (Å²) in [5, 5.41) is 0. The van der Waals surface area contributed by atoms with Crippen molar-refractivity contribution < 1.29 is 4.79 Å². The third kappa shape index (κ3) is 1.79. The van der Waals surface area contributed by atoms with Crippen LogP contribution < -0.4 is 0 Å². The Morgan fingerprint density at radius 3 is 2.17 bits per heavy atom. The van der Waals surface area contributed by atoms with Gasteiger partial charge in [0.1, 0.15) is 0 Å². The number of likely N-dealkylation sites (tertiary alicyclic amines) is 1. The molecule has 1 rings (SSSR count). The Morgan fingerprint density at radius 1 is 1.42 bits per heavy atom. The molecule has 1 amide bonds. The van der Waals surface area contributed by atoms with E-state index in [2.05, 4.69) is 20.8 Å². The van der Waals surface area contributed by atoms with Crippen LogP contribution >= 0.6 is 0 Å². The fourth-order valence-electron chi connectivity index (χ4n) is 1.65. The van der Waals surface area contributed by atoms with Crippen molar-refractivity contribution >= 4 is 5.91 Å². The number of β-lactam (4-membered cyclic amide) rings is 1. The molecule has 0 aromatic heterocycles. The zero-order chi connectivity index (χ0) is 9.57. The maximum Gasteiger partial charge on any atom is 0.230 e. The molecule has 1 aliphatic heterocycles. The van der Waals surface area contributed by atoms with Crippen LogP contribution in [0.2, 0.25) is 0 Å². The summed E-state index contributed by atoms with van der Waals surface area (Å²) in [5.41, 5.74) is 0.136. The lowest BCUT2D eigenvalue weighted by Crippen LogP contribution is -2.60. The van der Waals surface area contributed by atoms with Gasteiger partial charge in [-0.2, -0.15) is 0 Å². The van der Waals surface area contributed by atoms with Gasteiger partial charge in [0, 0.05) is 13.1 Å². The molecule has 0 radical (unpaired) electrons. The van der Waals surface area contributed by atoms with Crippen molar-refractivity contribution in [2.45, 2.75) is 34.6 Å². The van der Waals surface area contributed by atoms with Crippen molar-refractivity contribution in [1.29, 1.82) is 0 Å². The molecule has 1 aliphatic rings. The minimum Gasteiger partial charge on any atom is -0.341 e. The van der Waals surface area contributed by atoms with E-state index in [9.17, 15) is 4.79 Å². The SMILES string of the molecule is CC(C)(C)CN1CC(C)(C)C1=O. The summed E-state index contributed by atoms with van der Waals surface area (Å²) in [6.07, 6.45) is 0. The highest BCUT2D eigenvalue weighted by Gasteiger charge is 2.44. The number of carbonyl (C=O) groups is 1. The molecule has 2 nitrogen and oxygen atoms in total. The van der Waals surface area contributed by atoms with Gasteiger partial charge in [-0.3, -0.25) is 4.79 Å². The van der Waals surface area contributed by atoms with E-state index in [4.69, 9.17) is 0 Å². The van der Waals surface area contributed by atoms with Gasteiger partial charge in [-0.1, -0.05) is 20.8 Å². The Bertz CT molecular complexity index is 200. The second-order valence-electron chi connectivity index (χ2n) is 5.61. The Morgan fingerprint density at radius 2 is 1.92 bits per heavy atom. The lowest BCUT2D eigenvalue weighted by Gasteiger charge is -2.47. The second kappa shape index (κ2) is 2.48. The van der Waals surface area contributed by atoms with Crippen molar-refractivity contribution in [3.63, 3.8) is 0 Å². The highest BCUT2D eigenvalue weighted by molar-refractivity contribution is 5.87. The van der Waals surface area contributed by atoms with E-state index in [1.165, 1.54) is 0 Å².